The second-order valence-corrected chi connectivity index (χ2v) is 8.99. The normalized spacial score (nSPS) is 17.3. The minimum atomic E-state index is -0.0877. The summed E-state index contributed by atoms with van der Waals surface area (Å²) in [6, 6.07) is 6.05. The van der Waals surface area contributed by atoms with Crippen molar-refractivity contribution in [3.05, 3.63) is 51.1 Å². The Morgan fingerprint density at radius 1 is 1.33 bits per heavy atom. The summed E-state index contributed by atoms with van der Waals surface area (Å²) in [5, 5.41) is 23.1. The van der Waals surface area contributed by atoms with Gasteiger partial charge >= 0.3 is 0 Å². The number of hydrogen-bond donors (Lipinski definition) is 2. The monoisotopic (exact) mass is 454 g/mol. The molecule has 1 aliphatic rings. The molecule has 0 aliphatic carbocycles. The Morgan fingerprint density at radius 2 is 2.18 bits per heavy atom. The van der Waals surface area contributed by atoms with Crippen LogP contribution in [-0.4, -0.2) is 61.1 Å². The van der Waals surface area contributed by atoms with Gasteiger partial charge in [0.2, 0.25) is 0 Å². The average molecular weight is 455 g/mol. The molecule has 0 spiro atoms. The van der Waals surface area contributed by atoms with E-state index in [-0.39, 0.29) is 24.3 Å². The zero-order chi connectivity index (χ0) is 23.4. The number of pyridine rings is 1. The first-order chi connectivity index (χ1) is 16.0. The number of rotatable bonds is 10. The van der Waals surface area contributed by atoms with Crippen molar-refractivity contribution in [2.45, 2.75) is 71.7 Å². The van der Waals surface area contributed by atoms with Gasteiger partial charge in [-0.15, -0.1) is 5.10 Å². The van der Waals surface area contributed by atoms with Crippen LogP contribution in [0.1, 0.15) is 61.2 Å². The molecule has 1 fully saturated rings. The first kappa shape index (κ1) is 23.5. The van der Waals surface area contributed by atoms with E-state index in [4.69, 9.17) is 4.74 Å². The SMILES string of the molecule is CC[C@H](c1nnnn1C[C@@H]1CCCO1)N(CCCO)Cc1cc2c(C)cc(C)cc2[nH]c1=O. The third-order valence-electron chi connectivity index (χ3n) is 6.45. The molecule has 2 N–H and O–H groups in total. The Bertz CT molecular complexity index is 1130. The molecule has 3 aromatic rings. The quantitative estimate of drug-likeness (QED) is 0.485. The van der Waals surface area contributed by atoms with Crippen molar-refractivity contribution >= 4 is 10.9 Å². The summed E-state index contributed by atoms with van der Waals surface area (Å²) in [5.74, 6) is 0.773. The number of aromatic nitrogens is 5. The summed E-state index contributed by atoms with van der Waals surface area (Å²) in [5.41, 5.74) is 3.73. The van der Waals surface area contributed by atoms with E-state index in [1.807, 2.05) is 23.7 Å². The Kier molecular flexibility index (Phi) is 7.52. The lowest BCUT2D eigenvalue weighted by Gasteiger charge is -2.30. The molecule has 33 heavy (non-hydrogen) atoms. The molecule has 0 unspecified atom stereocenters. The first-order valence-corrected chi connectivity index (χ1v) is 11.9. The lowest BCUT2D eigenvalue weighted by molar-refractivity contribution is 0.0888. The van der Waals surface area contributed by atoms with Crippen LogP contribution in [0, 0.1) is 13.8 Å². The van der Waals surface area contributed by atoms with Gasteiger partial charge in [0.25, 0.3) is 5.56 Å². The van der Waals surface area contributed by atoms with Crippen molar-refractivity contribution in [3.8, 4) is 0 Å². The average Bonchev–Trinajstić information content (AvgIpc) is 3.46. The van der Waals surface area contributed by atoms with Crippen LogP contribution in [0.15, 0.2) is 23.0 Å². The van der Waals surface area contributed by atoms with Gasteiger partial charge in [-0.25, -0.2) is 4.68 Å². The van der Waals surface area contributed by atoms with Gasteiger partial charge in [0.05, 0.1) is 18.7 Å². The molecule has 0 radical (unpaired) electrons. The predicted molar refractivity (Wildman–Crippen MR) is 126 cm³/mol. The topological polar surface area (TPSA) is 109 Å². The number of ether oxygens (including phenoxy) is 1. The van der Waals surface area contributed by atoms with Crippen LogP contribution in [0.25, 0.3) is 10.9 Å². The molecule has 9 nitrogen and oxygen atoms in total. The van der Waals surface area contributed by atoms with Gasteiger partial charge in [0.15, 0.2) is 5.82 Å². The van der Waals surface area contributed by atoms with E-state index in [0.717, 1.165) is 53.7 Å². The van der Waals surface area contributed by atoms with Crippen LogP contribution in [0.5, 0.6) is 0 Å². The molecule has 0 amide bonds. The van der Waals surface area contributed by atoms with Crippen molar-refractivity contribution < 1.29 is 9.84 Å². The lowest BCUT2D eigenvalue weighted by Crippen LogP contribution is -2.34. The number of nitrogens with one attached hydrogen (secondary N) is 1. The van der Waals surface area contributed by atoms with Gasteiger partial charge < -0.3 is 14.8 Å². The zero-order valence-corrected chi connectivity index (χ0v) is 19.8. The number of hydrogen-bond acceptors (Lipinski definition) is 7. The number of benzene rings is 1. The summed E-state index contributed by atoms with van der Waals surface area (Å²) in [7, 11) is 0. The number of aliphatic hydroxyl groups is 1. The highest BCUT2D eigenvalue weighted by atomic mass is 16.5. The molecule has 1 aliphatic heterocycles. The van der Waals surface area contributed by atoms with Crippen molar-refractivity contribution in [1.29, 1.82) is 0 Å². The molecule has 178 valence electrons. The van der Waals surface area contributed by atoms with E-state index in [9.17, 15) is 9.90 Å². The van der Waals surface area contributed by atoms with Crippen molar-refractivity contribution in [2.75, 3.05) is 19.8 Å². The highest BCUT2D eigenvalue weighted by molar-refractivity contribution is 5.83. The molecule has 1 saturated heterocycles. The Morgan fingerprint density at radius 3 is 2.91 bits per heavy atom. The molecular weight excluding hydrogens is 420 g/mol. The Hall–Kier alpha value is -2.62. The summed E-state index contributed by atoms with van der Waals surface area (Å²) >= 11 is 0. The van der Waals surface area contributed by atoms with Crippen LogP contribution in [-0.2, 0) is 17.8 Å². The second-order valence-electron chi connectivity index (χ2n) is 8.99. The number of aromatic amines is 1. The number of aliphatic hydroxyl groups excluding tert-OH is 1. The minimum Gasteiger partial charge on any atom is -0.396 e. The van der Waals surface area contributed by atoms with Crippen LogP contribution in [0.3, 0.4) is 0 Å². The lowest BCUT2D eigenvalue weighted by atomic mass is 10.0. The van der Waals surface area contributed by atoms with E-state index in [1.54, 1.807) is 0 Å². The van der Waals surface area contributed by atoms with Crippen LogP contribution < -0.4 is 5.56 Å². The molecule has 0 saturated carbocycles. The van der Waals surface area contributed by atoms with E-state index < -0.39 is 0 Å². The van der Waals surface area contributed by atoms with Crippen molar-refractivity contribution in [2.24, 2.45) is 0 Å². The number of nitrogens with zero attached hydrogens (tertiary/aromatic N) is 5. The fourth-order valence-corrected chi connectivity index (χ4v) is 4.84. The van der Waals surface area contributed by atoms with Gasteiger partial charge in [-0.2, -0.15) is 0 Å². The fourth-order valence-electron chi connectivity index (χ4n) is 4.84. The van der Waals surface area contributed by atoms with Gasteiger partial charge in [-0.3, -0.25) is 9.69 Å². The third kappa shape index (κ3) is 5.31. The number of fused-ring (bicyclic) bond motifs is 1. The molecule has 1 aromatic carbocycles. The van der Waals surface area contributed by atoms with Crippen LogP contribution in [0.2, 0.25) is 0 Å². The first-order valence-electron chi connectivity index (χ1n) is 11.9. The van der Waals surface area contributed by atoms with Gasteiger partial charge in [0, 0.05) is 42.8 Å². The number of H-pyrrole nitrogens is 1. The van der Waals surface area contributed by atoms with E-state index in [0.29, 0.717) is 31.6 Å². The van der Waals surface area contributed by atoms with Gasteiger partial charge in [-0.1, -0.05) is 13.0 Å². The Balaban J connectivity index is 1.65. The summed E-state index contributed by atoms with van der Waals surface area (Å²) in [6.07, 6.45) is 3.58. The number of tetrazole rings is 1. The molecule has 3 heterocycles. The highest BCUT2D eigenvalue weighted by Crippen LogP contribution is 2.26. The molecular formula is C24H34N6O3. The van der Waals surface area contributed by atoms with Crippen LogP contribution in [0.4, 0.5) is 0 Å². The van der Waals surface area contributed by atoms with E-state index >= 15 is 0 Å². The van der Waals surface area contributed by atoms with Crippen molar-refractivity contribution in [3.63, 3.8) is 0 Å². The minimum absolute atomic E-state index is 0.0813. The third-order valence-corrected chi connectivity index (χ3v) is 6.45. The summed E-state index contributed by atoms with van der Waals surface area (Å²) in [4.78, 5) is 18.2. The molecule has 0 bridgehead atoms. The molecule has 2 aromatic heterocycles. The Labute approximate surface area is 193 Å². The van der Waals surface area contributed by atoms with E-state index in [2.05, 4.69) is 45.3 Å². The van der Waals surface area contributed by atoms with Crippen LogP contribution >= 0.6 is 0 Å². The predicted octanol–water partition coefficient (Wildman–Crippen LogP) is 2.65. The molecule has 9 heteroatoms. The van der Waals surface area contributed by atoms with Gasteiger partial charge in [0.1, 0.15) is 0 Å². The summed E-state index contributed by atoms with van der Waals surface area (Å²) in [6.45, 7) is 8.76. The summed E-state index contributed by atoms with van der Waals surface area (Å²) < 4.78 is 7.62. The standard InChI is InChI=1S/C24H34N6O3/c1-4-22(23-26-27-28-30(23)15-19-7-5-10-33-19)29(8-6-9-31)14-18-13-20-17(3)11-16(2)12-21(20)25-24(18)32/h11-13,19,22,31H,4-10,14-15H2,1-3H3,(H,25,32)/t19-,22+/m0/s1. The maximum absolute atomic E-state index is 13.0. The second kappa shape index (κ2) is 10.5. The highest BCUT2D eigenvalue weighted by Gasteiger charge is 2.27. The maximum Gasteiger partial charge on any atom is 0.252 e. The van der Waals surface area contributed by atoms with Gasteiger partial charge in [-0.05, 0) is 73.2 Å². The zero-order valence-electron chi connectivity index (χ0n) is 19.8. The maximum atomic E-state index is 13.0. The fraction of sp³-hybridized carbons (Fsp3) is 0.583. The van der Waals surface area contributed by atoms with Crippen molar-refractivity contribution in [1.82, 2.24) is 30.1 Å². The van der Waals surface area contributed by atoms with E-state index in [1.165, 1.54) is 0 Å². The smallest absolute Gasteiger partial charge is 0.252 e. The molecule has 4 rings (SSSR count). The largest absolute Gasteiger partial charge is 0.396 e. The number of aryl methyl sites for hydroxylation is 2. The molecule has 2 atom stereocenters.